The molecule has 8 unspecified atom stereocenters. The second-order valence-electron chi connectivity index (χ2n) is 23.5. The fourth-order valence-corrected chi connectivity index (χ4v) is 10.2. The number of ether oxygens (including phenoxy) is 3. The Morgan fingerprint density at radius 3 is 1.29 bits per heavy atom. The molecule has 1 fully saturated rings. The lowest BCUT2D eigenvalue weighted by atomic mass is 9.99. The molecule has 11 nitrogen and oxygen atoms in total. The largest absolute Gasteiger partial charge is 0.454 e. The van der Waals surface area contributed by atoms with Crippen LogP contribution in [0.15, 0.2) is 109 Å². The van der Waals surface area contributed by atoms with Gasteiger partial charge in [-0.2, -0.15) is 0 Å². The first-order chi connectivity index (χ1) is 41.7. The zero-order valence-corrected chi connectivity index (χ0v) is 54.2. The third kappa shape index (κ3) is 48.0. The molecule has 0 radical (unpaired) electrons. The van der Waals surface area contributed by atoms with Gasteiger partial charge in [-0.3, -0.25) is 9.59 Å². The molecule has 1 rings (SSSR count). The van der Waals surface area contributed by atoms with E-state index in [1.165, 1.54) is 116 Å². The zero-order chi connectivity index (χ0) is 61.7. The minimum absolute atomic E-state index is 0.111. The standard InChI is InChI=1S/C74H127NO10/c1-4-7-10-13-16-19-22-25-27-29-31-33-34-35-37-39-41-44-47-50-53-56-59-62-69(79)85-72-71(81)70(80)68(63-76)84-74(72)83-64-65(66(77)60-57-54-51-48-45-42-24-21-18-15-12-9-6-3)75-73(82)67(78)61-58-55-52-49-46-43-40-38-36-32-30-28-26-23-20-17-14-11-8-5-2/h8,11,16-17,19-20,25-28,31-33,36,40,43,57,60,65-68,70-72,74,76-78,80-81H,4-7,9-10,12-15,18,21-24,29-30,34-35,37-39,41-42,44-56,58-59,61-64H2,1-3H3,(H,75,82)/b11-8-,19-16-,20-17-,27-25-,28-26-,33-31-,36-32-,43-40-,60-57+. The number of aliphatic hydroxyl groups is 5. The van der Waals surface area contributed by atoms with Crippen LogP contribution in [0.5, 0.6) is 0 Å². The van der Waals surface area contributed by atoms with Gasteiger partial charge < -0.3 is 45.1 Å². The van der Waals surface area contributed by atoms with E-state index in [1.54, 1.807) is 6.08 Å². The summed E-state index contributed by atoms with van der Waals surface area (Å²) < 4.78 is 17.7. The van der Waals surface area contributed by atoms with Gasteiger partial charge in [0.1, 0.15) is 24.4 Å². The molecule has 0 aromatic heterocycles. The van der Waals surface area contributed by atoms with Crippen molar-refractivity contribution in [1.82, 2.24) is 5.32 Å². The molecular weight excluding hydrogens is 1060 g/mol. The smallest absolute Gasteiger partial charge is 0.306 e. The van der Waals surface area contributed by atoms with E-state index in [0.717, 1.165) is 122 Å². The number of allylic oxidation sites excluding steroid dienone is 17. The molecule has 0 aromatic carbocycles. The Bertz CT molecular complexity index is 1800. The van der Waals surface area contributed by atoms with E-state index in [0.29, 0.717) is 12.8 Å². The molecule has 1 aliphatic rings. The van der Waals surface area contributed by atoms with E-state index < -0.39 is 67.4 Å². The van der Waals surface area contributed by atoms with Crippen LogP contribution in [-0.4, -0.2) is 99.6 Å². The van der Waals surface area contributed by atoms with Crippen molar-refractivity contribution in [2.45, 2.75) is 333 Å². The zero-order valence-electron chi connectivity index (χ0n) is 54.2. The fourth-order valence-electron chi connectivity index (χ4n) is 10.2. The molecule has 1 amide bonds. The number of rotatable bonds is 58. The number of nitrogens with one attached hydrogen (secondary N) is 1. The van der Waals surface area contributed by atoms with Crippen molar-refractivity contribution in [2.24, 2.45) is 0 Å². The molecule has 6 N–H and O–H groups in total. The van der Waals surface area contributed by atoms with Gasteiger partial charge in [-0.15, -0.1) is 0 Å². The first-order valence-corrected chi connectivity index (χ1v) is 34.7. The highest BCUT2D eigenvalue weighted by atomic mass is 16.7. The second kappa shape index (κ2) is 60.6. The fraction of sp³-hybridized carbons (Fsp3) is 0.730. The lowest BCUT2D eigenvalue weighted by Gasteiger charge is -2.41. The average Bonchev–Trinajstić information content (AvgIpc) is 3.12. The number of hydrogen-bond donors (Lipinski definition) is 6. The molecule has 0 spiro atoms. The Labute approximate surface area is 519 Å². The summed E-state index contributed by atoms with van der Waals surface area (Å²) >= 11 is 0. The van der Waals surface area contributed by atoms with E-state index >= 15 is 0 Å². The van der Waals surface area contributed by atoms with Crippen molar-refractivity contribution < 1.29 is 49.3 Å². The van der Waals surface area contributed by atoms with Crippen LogP contribution in [0.3, 0.4) is 0 Å². The van der Waals surface area contributed by atoms with E-state index in [2.05, 4.69) is 123 Å². The topological polar surface area (TPSA) is 175 Å². The molecule has 85 heavy (non-hydrogen) atoms. The molecule has 11 heteroatoms. The van der Waals surface area contributed by atoms with Gasteiger partial charge in [-0.25, -0.2) is 0 Å². The highest BCUT2D eigenvalue weighted by molar-refractivity contribution is 5.80. The third-order valence-electron chi connectivity index (χ3n) is 15.7. The lowest BCUT2D eigenvalue weighted by molar-refractivity contribution is -0.305. The van der Waals surface area contributed by atoms with Crippen LogP contribution in [0.2, 0.25) is 0 Å². The van der Waals surface area contributed by atoms with Gasteiger partial charge >= 0.3 is 5.97 Å². The van der Waals surface area contributed by atoms with Crippen LogP contribution in [0, 0.1) is 0 Å². The minimum Gasteiger partial charge on any atom is -0.454 e. The van der Waals surface area contributed by atoms with E-state index in [1.807, 2.05) is 6.08 Å². The van der Waals surface area contributed by atoms with Crippen molar-refractivity contribution in [3.63, 3.8) is 0 Å². The summed E-state index contributed by atoms with van der Waals surface area (Å²) in [5.74, 6) is -1.22. The van der Waals surface area contributed by atoms with Crippen molar-refractivity contribution in [2.75, 3.05) is 13.2 Å². The van der Waals surface area contributed by atoms with Crippen LogP contribution >= 0.6 is 0 Å². The first kappa shape index (κ1) is 79.3. The average molecular weight is 1190 g/mol. The Hall–Kier alpha value is -3.68. The van der Waals surface area contributed by atoms with Crippen molar-refractivity contribution in [3.05, 3.63) is 109 Å². The van der Waals surface area contributed by atoms with Crippen LogP contribution < -0.4 is 5.32 Å². The van der Waals surface area contributed by atoms with Gasteiger partial charge in [0.15, 0.2) is 12.4 Å². The Morgan fingerprint density at radius 2 is 0.847 bits per heavy atom. The van der Waals surface area contributed by atoms with E-state index in [9.17, 15) is 35.1 Å². The van der Waals surface area contributed by atoms with Crippen LogP contribution in [0.4, 0.5) is 0 Å². The lowest BCUT2D eigenvalue weighted by Crippen LogP contribution is -2.61. The normalized spacial score (nSPS) is 19.1. The summed E-state index contributed by atoms with van der Waals surface area (Å²) in [6, 6.07) is -1.04. The molecule has 0 bridgehead atoms. The van der Waals surface area contributed by atoms with Gasteiger partial charge in [0.25, 0.3) is 0 Å². The van der Waals surface area contributed by atoms with E-state index in [4.69, 9.17) is 14.2 Å². The molecule has 8 atom stereocenters. The monoisotopic (exact) mass is 1190 g/mol. The summed E-state index contributed by atoms with van der Waals surface area (Å²) in [5.41, 5.74) is 0. The van der Waals surface area contributed by atoms with Crippen molar-refractivity contribution in [1.29, 1.82) is 0 Å². The van der Waals surface area contributed by atoms with Gasteiger partial charge in [0.05, 0.1) is 25.4 Å². The number of aliphatic hydroxyl groups excluding tert-OH is 5. The van der Waals surface area contributed by atoms with Crippen LogP contribution in [0.25, 0.3) is 0 Å². The van der Waals surface area contributed by atoms with Crippen LogP contribution in [0.1, 0.15) is 284 Å². The Kier molecular flexibility index (Phi) is 56.6. The molecule has 0 saturated carbocycles. The quantitative estimate of drug-likeness (QED) is 0.0195. The van der Waals surface area contributed by atoms with E-state index in [-0.39, 0.29) is 19.4 Å². The van der Waals surface area contributed by atoms with Crippen molar-refractivity contribution >= 4 is 11.9 Å². The molecule has 1 aliphatic heterocycles. The summed E-state index contributed by atoms with van der Waals surface area (Å²) in [6.45, 7) is 5.65. The number of carbonyl (C=O) groups is 2. The summed E-state index contributed by atoms with van der Waals surface area (Å²) in [6.07, 6.45) is 72.6. The minimum atomic E-state index is -1.63. The predicted molar refractivity (Wildman–Crippen MR) is 356 cm³/mol. The number of unbranched alkanes of at least 4 members (excludes halogenated alkanes) is 28. The maximum absolute atomic E-state index is 13.5. The predicted octanol–water partition coefficient (Wildman–Crippen LogP) is 17.6. The molecular formula is C74H127NO10. The molecule has 1 saturated heterocycles. The number of hydrogen-bond acceptors (Lipinski definition) is 10. The third-order valence-corrected chi connectivity index (χ3v) is 15.7. The number of carbonyl (C=O) groups excluding carboxylic acids is 2. The van der Waals surface area contributed by atoms with Crippen molar-refractivity contribution in [3.8, 4) is 0 Å². The summed E-state index contributed by atoms with van der Waals surface area (Å²) in [4.78, 5) is 26.7. The summed E-state index contributed by atoms with van der Waals surface area (Å²) in [7, 11) is 0. The maximum Gasteiger partial charge on any atom is 0.306 e. The molecule has 488 valence electrons. The first-order valence-electron chi connectivity index (χ1n) is 34.7. The molecule has 0 aliphatic carbocycles. The maximum atomic E-state index is 13.5. The Morgan fingerprint density at radius 1 is 0.471 bits per heavy atom. The second-order valence-corrected chi connectivity index (χ2v) is 23.5. The Balaban J connectivity index is 2.64. The van der Waals surface area contributed by atoms with Crippen LogP contribution in [-0.2, 0) is 23.8 Å². The number of esters is 1. The molecule has 1 heterocycles. The van der Waals surface area contributed by atoms with Gasteiger partial charge in [-0.05, 0) is 109 Å². The summed E-state index contributed by atoms with van der Waals surface area (Å²) in [5, 5.41) is 57.2. The number of amides is 1. The molecule has 0 aromatic rings. The van der Waals surface area contributed by atoms with Gasteiger partial charge in [-0.1, -0.05) is 278 Å². The highest BCUT2D eigenvalue weighted by Crippen LogP contribution is 2.26. The van der Waals surface area contributed by atoms with Gasteiger partial charge in [0.2, 0.25) is 5.91 Å². The SMILES string of the molecule is CC/C=C\C/C=C\C/C=C\C/C=C\C/C=C\CCCCCCC(O)C(=O)NC(COC1OC(CO)C(O)C(O)C1OC(=O)CCCCCCCCCCCC/C=C\C/C=C\C/C=C\CCCCC)C(O)/C=C/CCCCCCCCCCCCC. The highest BCUT2D eigenvalue weighted by Gasteiger charge is 2.47. The van der Waals surface area contributed by atoms with Gasteiger partial charge in [0, 0.05) is 6.42 Å².